The number of benzene rings is 3. The maximum atomic E-state index is 13.9. The Morgan fingerprint density at radius 2 is 1.66 bits per heavy atom. The largest absolute Gasteiger partial charge is 0.351 e. The molecular formula is C32H33FN4O. The number of anilines is 1. The SMILES string of the molecule is O=C(NCc1cccc2ccccc12)c1cnc(NC2CCCC2)nc1C1(c2ccc(F)cc2)CCCC1. The second-order valence-corrected chi connectivity index (χ2v) is 10.7. The van der Waals surface area contributed by atoms with Gasteiger partial charge in [0, 0.05) is 24.2 Å². The van der Waals surface area contributed by atoms with Crippen LogP contribution in [-0.4, -0.2) is 21.9 Å². The molecular weight excluding hydrogens is 475 g/mol. The Morgan fingerprint density at radius 3 is 2.45 bits per heavy atom. The van der Waals surface area contributed by atoms with Crippen LogP contribution in [0.1, 0.15) is 78.5 Å². The van der Waals surface area contributed by atoms with E-state index in [2.05, 4.69) is 33.8 Å². The van der Waals surface area contributed by atoms with Gasteiger partial charge in [0.1, 0.15) is 5.82 Å². The standard InChI is InChI=1S/C32H33FN4O/c33-25-16-14-24(15-17-25)32(18-5-6-19-32)29-28(21-35-31(37-29)36-26-11-2-3-12-26)30(38)34-20-23-10-7-9-22-8-1-4-13-27(22)23/h1,4,7-10,13-17,21,26H,2-3,5-6,11-12,18-20H2,(H,34,38)(H,35,36,37). The molecule has 0 atom stereocenters. The Hall–Kier alpha value is -3.80. The summed E-state index contributed by atoms with van der Waals surface area (Å²) in [4.78, 5) is 23.4. The number of carbonyl (C=O) groups is 1. The molecule has 38 heavy (non-hydrogen) atoms. The molecule has 0 unspecified atom stereocenters. The number of nitrogens with zero attached hydrogens (tertiary/aromatic N) is 2. The second kappa shape index (κ2) is 10.5. The molecule has 4 aromatic rings. The third-order valence-corrected chi connectivity index (χ3v) is 8.35. The number of fused-ring (bicyclic) bond motifs is 1. The number of hydrogen-bond donors (Lipinski definition) is 2. The van der Waals surface area contributed by atoms with E-state index in [0.717, 1.165) is 66.1 Å². The first-order valence-electron chi connectivity index (χ1n) is 13.8. The molecule has 0 saturated heterocycles. The van der Waals surface area contributed by atoms with Gasteiger partial charge in [-0.15, -0.1) is 0 Å². The van der Waals surface area contributed by atoms with Crippen molar-refractivity contribution >= 4 is 22.6 Å². The Morgan fingerprint density at radius 1 is 0.921 bits per heavy atom. The van der Waals surface area contributed by atoms with Crippen LogP contribution in [0.2, 0.25) is 0 Å². The monoisotopic (exact) mass is 508 g/mol. The molecule has 3 aromatic carbocycles. The molecule has 2 fully saturated rings. The van der Waals surface area contributed by atoms with Gasteiger partial charge in [-0.1, -0.05) is 80.3 Å². The number of hydrogen-bond acceptors (Lipinski definition) is 4. The fourth-order valence-electron chi connectivity index (χ4n) is 6.36. The molecule has 2 aliphatic carbocycles. The molecule has 5 nitrogen and oxygen atoms in total. The molecule has 1 heterocycles. The van der Waals surface area contributed by atoms with Crippen LogP contribution < -0.4 is 10.6 Å². The molecule has 2 N–H and O–H groups in total. The van der Waals surface area contributed by atoms with Crippen LogP contribution in [0.5, 0.6) is 0 Å². The lowest BCUT2D eigenvalue weighted by molar-refractivity contribution is 0.0948. The lowest BCUT2D eigenvalue weighted by atomic mass is 9.74. The Kier molecular flexibility index (Phi) is 6.79. The van der Waals surface area contributed by atoms with E-state index >= 15 is 0 Å². The molecule has 1 amide bonds. The Bertz CT molecular complexity index is 1430. The van der Waals surface area contributed by atoms with E-state index in [9.17, 15) is 9.18 Å². The summed E-state index contributed by atoms with van der Waals surface area (Å²) in [5.74, 6) is 0.126. The first-order valence-corrected chi connectivity index (χ1v) is 13.8. The minimum atomic E-state index is -0.450. The van der Waals surface area contributed by atoms with Crippen LogP contribution in [0.25, 0.3) is 10.8 Å². The highest BCUT2D eigenvalue weighted by molar-refractivity contribution is 5.96. The average molecular weight is 509 g/mol. The predicted octanol–water partition coefficient (Wildman–Crippen LogP) is 6.91. The zero-order valence-corrected chi connectivity index (χ0v) is 21.6. The third kappa shape index (κ3) is 4.75. The van der Waals surface area contributed by atoms with E-state index < -0.39 is 5.41 Å². The van der Waals surface area contributed by atoms with Crippen molar-refractivity contribution in [1.82, 2.24) is 15.3 Å². The van der Waals surface area contributed by atoms with Gasteiger partial charge in [-0.2, -0.15) is 0 Å². The van der Waals surface area contributed by atoms with Crippen molar-refractivity contribution < 1.29 is 9.18 Å². The summed E-state index contributed by atoms with van der Waals surface area (Å²) in [6.45, 7) is 0.408. The van der Waals surface area contributed by atoms with Crippen molar-refractivity contribution in [2.24, 2.45) is 0 Å². The quantitative estimate of drug-likeness (QED) is 0.285. The summed E-state index contributed by atoms with van der Waals surface area (Å²) < 4.78 is 13.9. The van der Waals surface area contributed by atoms with Crippen molar-refractivity contribution in [2.75, 3.05) is 5.32 Å². The lowest BCUT2D eigenvalue weighted by Crippen LogP contribution is -2.33. The van der Waals surface area contributed by atoms with Gasteiger partial charge in [-0.3, -0.25) is 4.79 Å². The summed E-state index contributed by atoms with van der Waals surface area (Å²) in [6, 6.07) is 21.4. The average Bonchev–Trinajstić information content (AvgIpc) is 3.65. The molecule has 0 radical (unpaired) electrons. The Balaban J connectivity index is 1.36. The van der Waals surface area contributed by atoms with Gasteiger partial charge in [0.25, 0.3) is 5.91 Å². The smallest absolute Gasteiger partial charge is 0.255 e. The predicted molar refractivity (Wildman–Crippen MR) is 149 cm³/mol. The molecule has 6 heteroatoms. The fraction of sp³-hybridized carbons (Fsp3) is 0.344. The lowest BCUT2D eigenvalue weighted by Gasteiger charge is -2.31. The fourth-order valence-corrected chi connectivity index (χ4v) is 6.36. The molecule has 194 valence electrons. The second-order valence-electron chi connectivity index (χ2n) is 10.7. The number of aromatic nitrogens is 2. The van der Waals surface area contributed by atoms with E-state index in [1.807, 2.05) is 36.4 Å². The van der Waals surface area contributed by atoms with E-state index in [-0.39, 0.29) is 11.7 Å². The highest BCUT2D eigenvalue weighted by Gasteiger charge is 2.42. The van der Waals surface area contributed by atoms with Gasteiger partial charge in [0.05, 0.1) is 11.3 Å². The molecule has 2 saturated carbocycles. The minimum absolute atomic E-state index is 0.186. The highest BCUT2D eigenvalue weighted by atomic mass is 19.1. The summed E-state index contributed by atoms with van der Waals surface area (Å²) in [5, 5.41) is 8.93. The molecule has 0 spiro atoms. The Labute approximate surface area is 222 Å². The third-order valence-electron chi connectivity index (χ3n) is 8.35. The van der Waals surface area contributed by atoms with Gasteiger partial charge in [0.15, 0.2) is 0 Å². The number of nitrogens with one attached hydrogen (secondary N) is 2. The van der Waals surface area contributed by atoms with Crippen molar-refractivity contribution in [3.63, 3.8) is 0 Å². The van der Waals surface area contributed by atoms with E-state index in [0.29, 0.717) is 24.1 Å². The number of carbonyl (C=O) groups excluding carboxylic acids is 1. The van der Waals surface area contributed by atoms with E-state index in [4.69, 9.17) is 4.98 Å². The molecule has 6 rings (SSSR count). The van der Waals surface area contributed by atoms with Crippen LogP contribution in [0.15, 0.2) is 72.9 Å². The summed E-state index contributed by atoms with van der Waals surface area (Å²) in [6.07, 6.45) is 10.1. The van der Waals surface area contributed by atoms with Gasteiger partial charge < -0.3 is 10.6 Å². The van der Waals surface area contributed by atoms with Crippen LogP contribution in [0.3, 0.4) is 0 Å². The number of halogens is 1. The zero-order chi connectivity index (χ0) is 26.0. The van der Waals surface area contributed by atoms with E-state index in [1.54, 1.807) is 6.20 Å². The van der Waals surface area contributed by atoms with Crippen molar-refractivity contribution in [2.45, 2.75) is 69.4 Å². The normalized spacial score (nSPS) is 17.1. The molecule has 0 bridgehead atoms. The first kappa shape index (κ1) is 24.5. The number of rotatable bonds is 7. The maximum absolute atomic E-state index is 13.9. The topological polar surface area (TPSA) is 66.9 Å². The summed E-state index contributed by atoms with van der Waals surface area (Å²) in [7, 11) is 0. The maximum Gasteiger partial charge on any atom is 0.255 e. The molecule has 2 aliphatic rings. The van der Waals surface area contributed by atoms with Gasteiger partial charge in [0.2, 0.25) is 5.95 Å². The highest BCUT2D eigenvalue weighted by Crippen LogP contribution is 2.47. The van der Waals surface area contributed by atoms with Gasteiger partial charge in [-0.25, -0.2) is 14.4 Å². The van der Waals surface area contributed by atoms with Crippen LogP contribution >= 0.6 is 0 Å². The zero-order valence-electron chi connectivity index (χ0n) is 21.6. The minimum Gasteiger partial charge on any atom is -0.351 e. The molecule has 1 aromatic heterocycles. The first-order chi connectivity index (χ1) is 18.6. The van der Waals surface area contributed by atoms with Gasteiger partial charge in [-0.05, 0) is 59.7 Å². The van der Waals surface area contributed by atoms with E-state index in [1.165, 1.54) is 25.0 Å². The van der Waals surface area contributed by atoms with Crippen molar-refractivity contribution in [3.05, 3.63) is 101 Å². The van der Waals surface area contributed by atoms with Crippen molar-refractivity contribution in [1.29, 1.82) is 0 Å². The van der Waals surface area contributed by atoms with Crippen molar-refractivity contribution in [3.8, 4) is 0 Å². The van der Waals surface area contributed by atoms with Crippen LogP contribution in [0, 0.1) is 5.82 Å². The summed E-state index contributed by atoms with van der Waals surface area (Å²) in [5.41, 5.74) is 2.85. The van der Waals surface area contributed by atoms with Crippen LogP contribution in [0.4, 0.5) is 10.3 Å². The van der Waals surface area contributed by atoms with Crippen LogP contribution in [-0.2, 0) is 12.0 Å². The van der Waals surface area contributed by atoms with Gasteiger partial charge >= 0.3 is 0 Å². The molecule has 0 aliphatic heterocycles. The number of amides is 1. The summed E-state index contributed by atoms with van der Waals surface area (Å²) >= 11 is 0.